The quantitative estimate of drug-likeness (QED) is 0.818. The van der Waals surface area contributed by atoms with Gasteiger partial charge in [0.15, 0.2) is 0 Å². The predicted molar refractivity (Wildman–Crippen MR) is 69.6 cm³/mol. The molecule has 0 aromatic rings. The molecule has 2 aliphatic rings. The minimum atomic E-state index is -0.864. The van der Waals surface area contributed by atoms with Gasteiger partial charge in [0, 0.05) is 19.7 Å². The summed E-state index contributed by atoms with van der Waals surface area (Å²) in [7, 11) is 0. The van der Waals surface area contributed by atoms with Gasteiger partial charge in [-0.3, -0.25) is 9.59 Å². The highest BCUT2D eigenvalue weighted by atomic mass is 16.5. The average Bonchev–Trinajstić information content (AvgIpc) is 2.73. The molecule has 1 aliphatic carbocycles. The van der Waals surface area contributed by atoms with Gasteiger partial charge in [-0.2, -0.15) is 0 Å². The maximum atomic E-state index is 12.5. The van der Waals surface area contributed by atoms with E-state index in [4.69, 9.17) is 9.84 Å². The van der Waals surface area contributed by atoms with Crippen LogP contribution in [0.15, 0.2) is 0 Å². The second kappa shape index (κ2) is 5.12. The number of carboxylic acids is 1. The van der Waals surface area contributed by atoms with E-state index in [1.54, 1.807) is 4.90 Å². The SMILES string of the molecule is CCN(CC1CCCO1)C(=O)C1C(C(=O)O)C1(C)C. The molecule has 0 aromatic heterocycles. The molecular weight excluding hydrogens is 246 g/mol. The molecule has 3 unspecified atom stereocenters. The molecule has 2 rings (SSSR count). The monoisotopic (exact) mass is 269 g/mol. The molecular formula is C14H23NO4. The first-order valence-corrected chi connectivity index (χ1v) is 7.02. The summed E-state index contributed by atoms with van der Waals surface area (Å²) < 4.78 is 5.55. The minimum absolute atomic E-state index is 0.0320. The molecule has 1 amide bonds. The van der Waals surface area contributed by atoms with Crippen LogP contribution in [-0.4, -0.2) is 47.7 Å². The molecule has 0 aromatic carbocycles. The number of aliphatic carboxylic acids is 1. The van der Waals surface area contributed by atoms with E-state index < -0.39 is 17.3 Å². The fourth-order valence-corrected chi connectivity index (χ4v) is 3.17. The minimum Gasteiger partial charge on any atom is -0.481 e. The van der Waals surface area contributed by atoms with Crippen molar-refractivity contribution in [2.75, 3.05) is 19.7 Å². The lowest BCUT2D eigenvalue weighted by Gasteiger charge is -2.24. The zero-order valence-electron chi connectivity index (χ0n) is 11.9. The summed E-state index contributed by atoms with van der Waals surface area (Å²) in [5, 5.41) is 9.15. The van der Waals surface area contributed by atoms with Crippen molar-refractivity contribution in [3.05, 3.63) is 0 Å². The molecule has 5 heteroatoms. The van der Waals surface area contributed by atoms with Gasteiger partial charge in [-0.05, 0) is 25.2 Å². The highest BCUT2D eigenvalue weighted by Crippen LogP contribution is 2.59. The molecule has 108 valence electrons. The number of ether oxygens (including phenoxy) is 1. The van der Waals surface area contributed by atoms with Crippen molar-refractivity contribution in [3.63, 3.8) is 0 Å². The summed E-state index contributed by atoms with van der Waals surface area (Å²) >= 11 is 0. The Morgan fingerprint density at radius 2 is 2.05 bits per heavy atom. The summed E-state index contributed by atoms with van der Waals surface area (Å²) in [4.78, 5) is 25.4. The van der Waals surface area contributed by atoms with Crippen molar-refractivity contribution in [3.8, 4) is 0 Å². The third kappa shape index (κ3) is 2.61. The normalized spacial score (nSPS) is 32.1. The van der Waals surface area contributed by atoms with Crippen LogP contribution in [0, 0.1) is 17.3 Å². The summed E-state index contributed by atoms with van der Waals surface area (Å²) in [5.74, 6) is -1.82. The van der Waals surface area contributed by atoms with E-state index in [-0.39, 0.29) is 17.9 Å². The highest BCUT2D eigenvalue weighted by molar-refractivity contribution is 5.91. The van der Waals surface area contributed by atoms with E-state index >= 15 is 0 Å². The lowest BCUT2D eigenvalue weighted by Crippen LogP contribution is -2.39. The van der Waals surface area contributed by atoms with Crippen LogP contribution in [0.4, 0.5) is 0 Å². The zero-order valence-corrected chi connectivity index (χ0v) is 11.9. The molecule has 3 atom stereocenters. The molecule has 1 N–H and O–H groups in total. The molecule has 5 nitrogen and oxygen atoms in total. The fraction of sp³-hybridized carbons (Fsp3) is 0.857. The first-order chi connectivity index (χ1) is 8.89. The Morgan fingerprint density at radius 1 is 1.37 bits per heavy atom. The van der Waals surface area contributed by atoms with Crippen LogP contribution in [0.2, 0.25) is 0 Å². The molecule has 1 heterocycles. The van der Waals surface area contributed by atoms with Crippen LogP contribution in [0.1, 0.15) is 33.6 Å². The molecule has 1 saturated heterocycles. The van der Waals surface area contributed by atoms with Crippen molar-refractivity contribution in [1.29, 1.82) is 0 Å². The maximum Gasteiger partial charge on any atom is 0.307 e. The summed E-state index contributed by atoms with van der Waals surface area (Å²) in [6.45, 7) is 7.61. The van der Waals surface area contributed by atoms with Crippen LogP contribution < -0.4 is 0 Å². The van der Waals surface area contributed by atoms with Gasteiger partial charge < -0.3 is 14.7 Å². The Labute approximate surface area is 113 Å². The number of hydrogen-bond acceptors (Lipinski definition) is 3. The third-order valence-corrected chi connectivity index (χ3v) is 4.50. The van der Waals surface area contributed by atoms with Crippen LogP contribution in [0.5, 0.6) is 0 Å². The van der Waals surface area contributed by atoms with E-state index in [1.165, 1.54) is 0 Å². The van der Waals surface area contributed by atoms with Gasteiger partial charge in [0.2, 0.25) is 5.91 Å². The standard InChI is InChI=1S/C14H23NO4/c1-4-15(8-9-6-5-7-19-9)12(16)10-11(13(17)18)14(10,2)3/h9-11H,4-8H2,1-3H3,(H,17,18). The highest BCUT2D eigenvalue weighted by Gasteiger charge is 2.66. The van der Waals surface area contributed by atoms with Gasteiger partial charge in [0.25, 0.3) is 0 Å². The summed E-state index contributed by atoms with van der Waals surface area (Å²) in [5.41, 5.74) is -0.424. The number of hydrogen-bond donors (Lipinski definition) is 1. The van der Waals surface area contributed by atoms with Gasteiger partial charge in [-0.1, -0.05) is 13.8 Å². The van der Waals surface area contributed by atoms with Crippen molar-refractivity contribution >= 4 is 11.9 Å². The fourth-order valence-electron chi connectivity index (χ4n) is 3.17. The van der Waals surface area contributed by atoms with Gasteiger partial charge >= 0.3 is 5.97 Å². The van der Waals surface area contributed by atoms with E-state index in [2.05, 4.69) is 0 Å². The Hall–Kier alpha value is -1.10. The van der Waals surface area contributed by atoms with Crippen molar-refractivity contribution in [1.82, 2.24) is 4.90 Å². The molecule has 2 fully saturated rings. The maximum absolute atomic E-state index is 12.5. The van der Waals surface area contributed by atoms with E-state index in [0.717, 1.165) is 19.4 Å². The summed E-state index contributed by atoms with van der Waals surface area (Å²) in [6, 6.07) is 0. The van der Waals surface area contributed by atoms with Crippen LogP contribution in [-0.2, 0) is 14.3 Å². The first-order valence-electron chi connectivity index (χ1n) is 7.02. The first kappa shape index (κ1) is 14.3. The number of carboxylic acid groups (broad SMARTS) is 1. The molecule has 1 saturated carbocycles. The lowest BCUT2D eigenvalue weighted by molar-refractivity contribution is -0.142. The Kier molecular flexibility index (Phi) is 3.85. The van der Waals surface area contributed by atoms with Crippen LogP contribution >= 0.6 is 0 Å². The molecule has 1 aliphatic heterocycles. The van der Waals surface area contributed by atoms with Gasteiger partial charge in [0.1, 0.15) is 0 Å². The number of nitrogens with zero attached hydrogens (tertiary/aromatic N) is 1. The number of likely N-dealkylation sites (N-methyl/N-ethyl adjacent to an activating group) is 1. The van der Waals surface area contributed by atoms with Gasteiger partial charge in [-0.15, -0.1) is 0 Å². The summed E-state index contributed by atoms with van der Waals surface area (Å²) in [6.07, 6.45) is 2.15. The average molecular weight is 269 g/mol. The topological polar surface area (TPSA) is 66.8 Å². The smallest absolute Gasteiger partial charge is 0.307 e. The molecule has 0 radical (unpaired) electrons. The lowest BCUT2D eigenvalue weighted by atomic mass is 10.1. The number of carbonyl (C=O) groups excluding carboxylic acids is 1. The van der Waals surface area contributed by atoms with E-state index in [0.29, 0.717) is 13.1 Å². The number of amides is 1. The van der Waals surface area contributed by atoms with Crippen molar-refractivity contribution in [2.24, 2.45) is 17.3 Å². The predicted octanol–water partition coefficient (Wildman–Crippen LogP) is 1.37. The largest absolute Gasteiger partial charge is 0.481 e. The number of carbonyl (C=O) groups is 2. The van der Waals surface area contributed by atoms with Crippen molar-refractivity contribution < 1.29 is 19.4 Å². The molecule has 19 heavy (non-hydrogen) atoms. The third-order valence-electron chi connectivity index (χ3n) is 4.50. The zero-order chi connectivity index (χ0) is 14.2. The molecule has 0 bridgehead atoms. The van der Waals surface area contributed by atoms with Crippen LogP contribution in [0.25, 0.3) is 0 Å². The number of rotatable bonds is 5. The second-order valence-corrected chi connectivity index (χ2v) is 6.13. The second-order valence-electron chi connectivity index (χ2n) is 6.13. The van der Waals surface area contributed by atoms with Gasteiger partial charge in [-0.25, -0.2) is 0 Å². The van der Waals surface area contributed by atoms with Gasteiger partial charge in [0.05, 0.1) is 17.9 Å². The molecule has 0 spiro atoms. The van der Waals surface area contributed by atoms with Crippen molar-refractivity contribution in [2.45, 2.75) is 39.7 Å². The Bertz CT molecular complexity index is 374. The van der Waals surface area contributed by atoms with Crippen LogP contribution in [0.3, 0.4) is 0 Å². The Morgan fingerprint density at radius 3 is 2.47 bits per heavy atom. The Balaban J connectivity index is 1.99. The van der Waals surface area contributed by atoms with E-state index in [1.807, 2.05) is 20.8 Å². The van der Waals surface area contributed by atoms with E-state index in [9.17, 15) is 9.59 Å².